The van der Waals surface area contributed by atoms with Gasteiger partial charge in [-0.15, -0.1) is 0 Å². The van der Waals surface area contributed by atoms with Gasteiger partial charge in [-0.25, -0.2) is 13.8 Å². The van der Waals surface area contributed by atoms with Gasteiger partial charge in [-0.3, -0.25) is 4.90 Å². The maximum atomic E-state index is 13.3. The number of hydrogen-bond donors (Lipinski definition) is 1. The summed E-state index contributed by atoms with van der Waals surface area (Å²) < 4.78 is 40.2. The van der Waals surface area contributed by atoms with Crippen molar-refractivity contribution in [3.63, 3.8) is 0 Å². The van der Waals surface area contributed by atoms with Crippen LogP contribution in [0.1, 0.15) is 6.42 Å². The van der Waals surface area contributed by atoms with Gasteiger partial charge in [-0.05, 0) is 36.4 Å². The van der Waals surface area contributed by atoms with Gasteiger partial charge in [0, 0.05) is 37.3 Å². The molecule has 3 aromatic heterocycles. The van der Waals surface area contributed by atoms with Crippen molar-refractivity contribution in [3.05, 3.63) is 60.3 Å². The minimum absolute atomic E-state index is 0.111. The third-order valence-corrected chi connectivity index (χ3v) is 5.42. The van der Waals surface area contributed by atoms with E-state index in [0.717, 1.165) is 5.52 Å². The summed E-state index contributed by atoms with van der Waals surface area (Å²) in [5.41, 5.74) is 2.08. The number of nitrogens with zero attached hydrogens (tertiary/aromatic N) is 4. The number of hydrogen-bond acceptors (Lipinski definition) is 6. The van der Waals surface area contributed by atoms with E-state index in [1.165, 1.54) is 0 Å². The van der Waals surface area contributed by atoms with Gasteiger partial charge in [0.15, 0.2) is 5.76 Å². The van der Waals surface area contributed by atoms with Crippen molar-refractivity contribution in [2.45, 2.75) is 12.3 Å². The second-order valence-corrected chi connectivity index (χ2v) is 7.60. The van der Waals surface area contributed by atoms with Crippen LogP contribution < -0.4 is 10.1 Å². The quantitative estimate of drug-likeness (QED) is 0.389. The Morgan fingerprint density at radius 1 is 1.23 bits per heavy atom. The lowest BCUT2D eigenvalue weighted by Gasteiger charge is -2.16. The summed E-state index contributed by atoms with van der Waals surface area (Å²) in [4.78, 5) is 6.09. The van der Waals surface area contributed by atoms with E-state index in [-0.39, 0.29) is 19.6 Å². The van der Waals surface area contributed by atoms with Gasteiger partial charge in [0.2, 0.25) is 0 Å². The molecule has 1 aliphatic rings. The van der Waals surface area contributed by atoms with Crippen LogP contribution in [0.2, 0.25) is 0 Å². The van der Waals surface area contributed by atoms with E-state index >= 15 is 0 Å². The first-order valence-electron chi connectivity index (χ1n) is 9.93. The van der Waals surface area contributed by atoms with Crippen LogP contribution in [0.15, 0.2) is 64.6 Å². The molecule has 0 saturated carbocycles. The van der Waals surface area contributed by atoms with Crippen LogP contribution in [0, 0.1) is 0 Å². The highest BCUT2D eigenvalue weighted by Gasteiger charge is 2.37. The fourth-order valence-electron chi connectivity index (χ4n) is 3.81. The molecule has 4 aromatic rings. The van der Waals surface area contributed by atoms with E-state index in [9.17, 15) is 14.0 Å². The van der Waals surface area contributed by atoms with Crippen LogP contribution in [0.25, 0.3) is 27.9 Å². The summed E-state index contributed by atoms with van der Waals surface area (Å²) in [7, 11) is 0. The molecule has 0 aliphatic carbocycles. The molecule has 7 nitrogen and oxygen atoms in total. The monoisotopic (exact) mass is 426 g/mol. The third kappa shape index (κ3) is 3.96. The SMILES string of the molecule is O/N=c1/cc(-c2cc3cccn3cn2)oc2ccc(OCCN3CCC(F)(F)C3)cc12. The smallest absolute Gasteiger partial charge is 0.261 e. The van der Waals surface area contributed by atoms with Crippen molar-refractivity contribution in [1.82, 2.24) is 14.3 Å². The van der Waals surface area contributed by atoms with E-state index in [1.54, 1.807) is 35.5 Å². The zero-order chi connectivity index (χ0) is 21.4. The average Bonchev–Trinajstić information content (AvgIpc) is 3.38. The number of fused-ring (bicyclic) bond motifs is 2. The standard InChI is InChI=1S/C22H20F2N4O3/c23-22(24)5-7-27(13-22)8-9-30-16-3-4-20-17(11-16)18(26-29)12-21(31-20)19-10-15-2-1-6-28(15)14-25-19/h1-4,6,10-12,14,29H,5,7-9,13H2/b26-18-. The number of alkyl halides is 2. The third-order valence-electron chi connectivity index (χ3n) is 5.42. The molecule has 1 N–H and O–H groups in total. The predicted molar refractivity (Wildman–Crippen MR) is 109 cm³/mol. The first-order valence-corrected chi connectivity index (χ1v) is 9.93. The average molecular weight is 426 g/mol. The maximum absolute atomic E-state index is 13.3. The van der Waals surface area contributed by atoms with Crippen LogP contribution in [-0.2, 0) is 0 Å². The molecule has 1 saturated heterocycles. The van der Waals surface area contributed by atoms with Crippen LogP contribution in [0.3, 0.4) is 0 Å². The van der Waals surface area contributed by atoms with Gasteiger partial charge in [0.25, 0.3) is 5.92 Å². The van der Waals surface area contributed by atoms with Gasteiger partial charge in [0.05, 0.1) is 18.3 Å². The largest absolute Gasteiger partial charge is 0.492 e. The molecular formula is C22H20F2N4O3. The number of likely N-dealkylation sites (tertiary alicyclic amines) is 1. The molecule has 4 heterocycles. The highest BCUT2D eigenvalue weighted by Crippen LogP contribution is 2.27. The molecule has 0 radical (unpaired) electrons. The lowest BCUT2D eigenvalue weighted by atomic mass is 10.2. The number of ether oxygens (including phenoxy) is 1. The first kappa shape index (κ1) is 19.5. The molecule has 31 heavy (non-hydrogen) atoms. The lowest BCUT2D eigenvalue weighted by Crippen LogP contribution is -2.29. The molecule has 160 valence electrons. The van der Waals surface area contributed by atoms with Crippen molar-refractivity contribution in [3.8, 4) is 17.2 Å². The van der Waals surface area contributed by atoms with Crippen LogP contribution in [0.5, 0.6) is 5.75 Å². The molecule has 0 amide bonds. The predicted octanol–water partition coefficient (Wildman–Crippen LogP) is 3.76. The van der Waals surface area contributed by atoms with Crippen LogP contribution >= 0.6 is 0 Å². The highest BCUT2D eigenvalue weighted by atomic mass is 19.3. The molecule has 9 heteroatoms. The number of halogens is 2. The summed E-state index contributed by atoms with van der Waals surface area (Å²) in [5.74, 6) is -1.60. The lowest BCUT2D eigenvalue weighted by molar-refractivity contribution is 0.0113. The number of benzene rings is 1. The van der Waals surface area contributed by atoms with E-state index in [4.69, 9.17) is 9.15 Å². The molecular weight excluding hydrogens is 406 g/mol. The maximum Gasteiger partial charge on any atom is 0.261 e. The summed E-state index contributed by atoms with van der Waals surface area (Å²) in [6.07, 6.45) is 3.47. The Kier molecular flexibility index (Phi) is 4.82. The Labute approximate surface area is 175 Å². The summed E-state index contributed by atoms with van der Waals surface area (Å²) in [6.45, 7) is 0.838. The molecule has 1 aromatic carbocycles. The number of rotatable bonds is 5. The Morgan fingerprint density at radius 3 is 2.94 bits per heavy atom. The van der Waals surface area contributed by atoms with Crippen molar-refractivity contribution in [2.24, 2.45) is 5.16 Å². The summed E-state index contributed by atoms with van der Waals surface area (Å²) >= 11 is 0. The Hall–Kier alpha value is -3.46. The van der Waals surface area contributed by atoms with Crippen molar-refractivity contribution in [2.75, 3.05) is 26.2 Å². The van der Waals surface area contributed by atoms with Gasteiger partial charge in [-0.1, -0.05) is 5.16 Å². The first-order chi connectivity index (χ1) is 15.0. The van der Waals surface area contributed by atoms with E-state index in [0.29, 0.717) is 46.6 Å². The molecule has 0 spiro atoms. The fourth-order valence-corrected chi connectivity index (χ4v) is 3.81. The van der Waals surface area contributed by atoms with Crippen molar-refractivity contribution in [1.29, 1.82) is 0 Å². The van der Waals surface area contributed by atoms with E-state index < -0.39 is 5.92 Å². The van der Waals surface area contributed by atoms with Gasteiger partial charge >= 0.3 is 0 Å². The van der Waals surface area contributed by atoms with E-state index in [2.05, 4.69) is 10.1 Å². The Balaban J connectivity index is 1.38. The van der Waals surface area contributed by atoms with Gasteiger partial charge in [-0.2, -0.15) is 0 Å². The van der Waals surface area contributed by atoms with Gasteiger partial charge in [0.1, 0.15) is 29.0 Å². The van der Waals surface area contributed by atoms with Crippen LogP contribution in [0.4, 0.5) is 8.78 Å². The minimum atomic E-state index is -2.61. The minimum Gasteiger partial charge on any atom is -0.492 e. The Morgan fingerprint density at radius 2 is 2.13 bits per heavy atom. The molecule has 0 atom stereocenters. The van der Waals surface area contributed by atoms with Crippen molar-refractivity contribution < 1.29 is 23.1 Å². The second kappa shape index (κ2) is 7.66. The van der Waals surface area contributed by atoms with Crippen molar-refractivity contribution >= 4 is 16.5 Å². The summed E-state index contributed by atoms with van der Waals surface area (Å²) in [6, 6.07) is 12.5. The van der Waals surface area contributed by atoms with E-state index in [1.807, 2.05) is 28.8 Å². The zero-order valence-corrected chi connectivity index (χ0v) is 16.5. The summed E-state index contributed by atoms with van der Waals surface area (Å²) in [5, 5.41) is 13.8. The topological polar surface area (TPSA) is 75.5 Å². The van der Waals surface area contributed by atoms with Crippen LogP contribution in [-0.4, -0.2) is 51.7 Å². The Bertz CT molecular complexity index is 1320. The molecule has 1 aliphatic heterocycles. The molecule has 0 unspecified atom stereocenters. The molecule has 1 fully saturated rings. The highest BCUT2D eigenvalue weighted by molar-refractivity contribution is 5.80. The van der Waals surface area contributed by atoms with Gasteiger partial charge < -0.3 is 18.8 Å². The molecule has 5 rings (SSSR count). The normalized spacial score (nSPS) is 17.0. The fraction of sp³-hybridized carbons (Fsp3) is 0.273. The second-order valence-electron chi connectivity index (χ2n) is 7.60. The number of aromatic nitrogens is 2. The zero-order valence-electron chi connectivity index (χ0n) is 16.5. The molecule has 0 bridgehead atoms.